The molecular formula is C18H12N4O4. The Bertz CT molecular complexity index is 973. The molecule has 0 heterocycles. The number of rotatable bonds is 0. The summed E-state index contributed by atoms with van der Waals surface area (Å²) in [5.74, 6) is 0. The number of aryl methyl sites for hydroxylation is 1. The van der Waals surface area contributed by atoms with Gasteiger partial charge in [0.2, 0.25) is 0 Å². The molecular weight excluding hydrogens is 336 g/mol. The van der Waals surface area contributed by atoms with Gasteiger partial charge in [-0.25, -0.2) is 0 Å². The molecule has 128 valence electrons. The molecule has 0 saturated heterocycles. The minimum Gasteiger partial charge on any atom is -0.498 e. The molecule has 0 bridgehead atoms. The minimum absolute atomic E-state index is 0.506. The van der Waals surface area contributed by atoms with Crippen molar-refractivity contribution in [3.63, 3.8) is 0 Å². The lowest BCUT2D eigenvalue weighted by atomic mass is 10.0. The van der Waals surface area contributed by atoms with Gasteiger partial charge < -0.3 is 20.8 Å². The van der Waals surface area contributed by atoms with Gasteiger partial charge >= 0.3 is 24.3 Å². The zero-order valence-corrected chi connectivity index (χ0v) is 13.9. The third kappa shape index (κ3) is 5.66. The van der Waals surface area contributed by atoms with E-state index >= 15 is 0 Å². The standard InChI is InChI=1S/2C9H6N2O2/c1-7-2-3-8(5-10-12)4-9(7)6-11-13;1-7-8(5-10-12)3-2-4-9(7)6-11-13/h2*2-4H,1H3. The second-order valence-corrected chi connectivity index (χ2v) is 4.82. The van der Waals surface area contributed by atoms with Crippen LogP contribution < -0.4 is 0 Å². The van der Waals surface area contributed by atoms with Gasteiger partial charge in [0.25, 0.3) is 0 Å². The van der Waals surface area contributed by atoms with Crippen molar-refractivity contribution >= 4 is 0 Å². The molecule has 8 nitrogen and oxygen atoms in total. The van der Waals surface area contributed by atoms with Crippen molar-refractivity contribution in [1.29, 1.82) is 0 Å². The van der Waals surface area contributed by atoms with E-state index in [9.17, 15) is 20.8 Å². The highest BCUT2D eigenvalue weighted by Crippen LogP contribution is 2.12. The highest BCUT2D eigenvalue weighted by molar-refractivity contribution is 5.49. The Morgan fingerprint density at radius 1 is 0.654 bits per heavy atom. The fourth-order valence-electron chi connectivity index (χ4n) is 1.89. The van der Waals surface area contributed by atoms with E-state index in [1.165, 1.54) is 0 Å². The van der Waals surface area contributed by atoms with E-state index in [4.69, 9.17) is 0 Å². The molecule has 0 aromatic heterocycles. The molecule has 0 spiro atoms. The fraction of sp³-hybridized carbons (Fsp3) is 0.111. The number of nitrogens with zero attached hydrogens (tertiary/aromatic N) is 4. The molecule has 0 aliphatic rings. The molecule has 0 unspecified atom stereocenters. The SMILES string of the molecule is Cc1c(C#[N+][O-])cccc1C#[N+][O-].Cc1ccc(C#[N+][O-])cc1C#[N+][O-]. The van der Waals surface area contributed by atoms with Gasteiger partial charge in [-0.2, -0.15) is 0 Å². The van der Waals surface area contributed by atoms with Crippen molar-refractivity contribution in [3.8, 4) is 24.3 Å². The maximum absolute atomic E-state index is 9.93. The first kappa shape index (κ1) is 19.6. The smallest absolute Gasteiger partial charge is 0.336 e. The molecule has 0 N–H and O–H groups in total. The van der Waals surface area contributed by atoms with Gasteiger partial charge in [-0.15, -0.1) is 0 Å². The summed E-state index contributed by atoms with van der Waals surface area (Å²) in [5.41, 5.74) is 3.71. The van der Waals surface area contributed by atoms with Gasteiger partial charge in [-0.1, -0.05) is 12.1 Å². The van der Waals surface area contributed by atoms with E-state index in [1.807, 2.05) is 6.92 Å². The number of hydrogen-bond acceptors (Lipinski definition) is 4. The largest absolute Gasteiger partial charge is 0.498 e. The summed E-state index contributed by atoms with van der Waals surface area (Å²) >= 11 is 0. The van der Waals surface area contributed by atoms with Crippen LogP contribution in [0.3, 0.4) is 0 Å². The van der Waals surface area contributed by atoms with E-state index in [0.717, 1.165) is 5.56 Å². The normalized spacial score (nSPS) is 7.77. The summed E-state index contributed by atoms with van der Waals surface area (Å²) in [6, 6.07) is 19.0. The van der Waals surface area contributed by atoms with Crippen LogP contribution in [0.25, 0.3) is 20.0 Å². The number of hydrogen-bond donors (Lipinski definition) is 0. The molecule has 0 aliphatic carbocycles. The third-order valence-corrected chi connectivity index (χ3v) is 3.24. The van der Waals surface area contributed by atoms with Crippen molar-refractivity contribution in [2.24, 2.45) is 0 Å². The zero-order chi connectivity index (χ0) is 19.4. The van der Waals surface area contributed by atoms with E-state index < -0.39 is 0 Å². The Morgan fingerprint density at radius 2 is 1.15 bits per heavy atom. The van der Waals surface area contributed by atoms with E-state index in [2.05, 4.69) is 44.3 Å². The van der Waals surface area contributed by atoms with Crippen molar-refractivity contribution in [1.82, 2.24) is 0 Å². The molecule has 0 fully saturated rings. The Morgan fingerprint density at radius 3 is 1.65 bits per heavy atom. The second kappa shape index (κ2) is 10.4. The average Bonchev–Trinajstić information content (AvgIpc) is 2.63. The van der Waals surface area contributed by atoms with E-state index in [-0.39, 0.29) is 0 Å². The molecule has 2 rings (SSSR count). The minimum atomic E-state index is 0.506. The first-order chi connectivity index (χ1) is 12.6. The van der Waals surface area contributed by atoms with Crippen LogP contribution in [0.15, 0.2) is 36.4 Å². The Kier molecular flexibility index (Phi) is 7.85. The van der Waals surface area contributed by atoms with E-state index in [0.29, 0.717) is 27.8 Å². The summed E-state index contributed by atoms with van der Waals surface area (Å²) < 4.78 is 0. The van der Waals surface area contributed by atoms with Crippen molar-refractivity contribution < 1.29 is 0 Å². The van der Waals surface area contributed by atoms with Gasteiger partial charge in [0.05, 0.1) is 0 Å². The second-order valence-electron chi connectivity index (χ2n) is 4.82. The Balaban J connectivity index is 0.000000260. The highest BCUT2D eigenvalue weighted by atomic mass is 16.4. The van der Waals surface area contributed by atoms with Crippen molar-refractivity contribution in [2.45, 2.75) is 13.8 Å². The molecule has 0 atom stereocenters. The molecule has 0 saturated carbocycles. The summed E-state index contributed by atoms with van der Waals surface area (Å²) in [6.45, 7) is 3.55. The number of benzene rings is 2. The van der Waals surface area contributed by atoms with Crippen LogP contribution in [0.2, 0.25) is 0 Å². The van der Waals surface area contributed by atoms with Crippen LogP contribution in [0.4, 0.5) is 0 Å². The predicted octanol–water partition coefficient (Wildman–Crippen LogP) is 4.71. The molecule has 0 radical (unpaired) electrons. The lowest BCUT2D eigenvalue weighted by Gasteiger charge is -1.92. The fourth-order valence-corrected chi connectivity index (χ4v) is 1.89. The quantitative estimate of drug-likeness (QED) is 0.642. The first-order valence-electron chi connectivity index (χ1n) is 7.11. The van der Waals surface area contributed by atoms with Gasteiger partial charge in [0.15, 0.2) is 0 Å². The van der Waals surface area contributed by atoms with Crippen LogP contribution in [0.1, 0.15) is 33.4 Å². The lowest BCUT2D eigenvalue weighted by molar-refractivity contribution is 1.40. The average molecular weight is 348 g/mol. The van der Waals surface area contributed by atoms with Crippen LogP contribution in [0, 0.1) is 59.0 Å². The van der Waals surface area contributed by atoms with E-state index in [1.54, 1.807) is 43.3 Å². The van der Waals surface area contributed by atoms with Crippen LogP contribution >= 0.6 is 0 Å². The molecule has 2 aromatic carbocycles. The molecule has 8 heteroatoms. The molecule has 0 amide bonds. The lowest BCUT2D eigenvalue weighted by Crippen LogP contribution is -1.86. The molecule has 0 aliphatic heterocycles. The summed E-state index contributed by atoms with van der Waals surface area (Å²) in [4.78, 5) is 0. The predicted molar refractivity (Wildman–Crippen MR) is 101 cm³/mol. The maximum atomic E-state index is 9.93. The van der Waals surface area contributed by atoms with Gasteiger partial charge in [0.1, 0.15) is 22.3 Å². The first-order valence-corrected chi connectivity index (χ1v) is 7.11. The molecule has 26 heavy (non-hydrogen) atoms. The van der Waals surface area contributed by atoms with Gasteiger partial charge in [-0.3, -0.25) is 0 Å². The summed E-state index contributed by atoms with van der Waals surface area (Å²) in [6.07, 6.45) is 0. The maximum Gasteiger partial charge on any atom is 0.336 e. The van der Waals surface area contributed by atoms with Crippen LogP contribution in [-0.2, 0) is 0 Å². The van der Waals surface area contributed by atoms with Crippen molar-refractivity contribution in [2.75, 3.05) is 0 Å². The molecule has 2 aromatic rings. The van der Waals surface area contributed by atoms with Crippen LogP contribution in [-0.4, -0.2) is 0 Å². The third-order valence-electron chi connectivity index (χ3n) is 3.24. The van der Waals surface area contributed by atoms with Gasteiger partial charge in [0, 0.05) is 20.0 Å². The summed E-state index contributed by atoms with van der Waals surface area (Å²) in [7, 11) is 0. The van der Waals surface area contributed by atoms with Crippen LogP contribution in [0.5, 0.6) is 0 Å². The monoisotopic (exact) mass is 348 g/mol. The Hall–Kier alpha value is -4.40. The topological polar surface area (TPSA) is 110 Å². The zero-order valence-electron chi connectivity index (χ0n) is 13.9. The van der Waals surface area contributed by atoms with Gasteiger partial charge in [-0.05, 0) is 49.2 Å². The highest BCUT2D eigenvalue weighted by Gasteiger charge is 2.07. The van der Waals surface area contributed by atoms with Crippen molar-refractivity contribution in [3.05, 3.63) is 111 Å². The summed E-state index contributed by atoms with van der Waals surface area (Å²) in [5, 5.41) is 49.7. The Labute approximate surface area is 149 Å².